The average molecular weight is 415 g/mol. The number of nitro groups is 1. The smallest absolute Gasteiger partial charge is 0.287 e. The van der Waals surface area contributed by atoms with Crippen LogP contribution in [0.1, 0.15) is 31.3 Å². The summed E-state index contributed by atoms with van der Waals surface area (Å²) in [6.45, 7) is 4.03. The minimum atomic E-state index is -0.479. The Morgan fingerprint density at radius 3 is 2.52 bits per heavy atom. The van der Waals surface area contributed by atoms with E-state index >= 15 is 0 Å². The topological polar surface area (TPSA) is 123 Å². The number of benzene rings is 1. The third kappa shape index (κ3) is 4.40. The molecule has 1 unspecified atom stereocenters. The van der Waals surface area contributed by atoms with Crippen LogP contribution in [0.15, 0.2) is 61.2 Å². The first-order valence-corrected chi connectivity index (χ1v) is 9.88. The minimum absolute atomic E-state index is 0.0601. The molecule has 156 valence electrons. The van der Waals surface area contributed by atoms with Crippen LogP contribution in [0.5, 0.6) is 0 Å². The van der Waals surface area contributed by atoms with Gasteiger partial charge in [0, 0.05) is 30.2 Å². The summed E-state index contributed by atoms with van der Waals surface area (Å²) in [5.74, 6) is 1.77. The van der Waals surface area contributed by atoms with Crippen molar-refractivity contribution in [1.29, 1.82) is 0 Å². The van der Waals surface area contributed by atoms with Crippen molar-refractivity contribution < 1.29 is 4.92 Å². The van der Waals surface area contributed by atoms with E-state index in [0.717, 1.165) is 23.2 Å². The number of hydrogen-bond acceptors (Lipinski definition) is 7. The van der Waals surface area contributed by atoms with Gasteiger partial charge in [-0.05, 0) is 25.0 Å². The van der Waals surface area contributed by atoms with Gasteiger partial charge < -0.3 is 10.3 Å². The number of hydrogen-bond donors (Lipinski definition) is 2. The van der Waals surface area contributed by atoms with Crippen LogP contribution in [0.2, 0.25) is 0 Å². The van der Waals surface area contributed by atoms with Gasteiger partial charge in [0.2, 0.25) is 0 Å². The van der Waals surface area contributed by atoms with E-state index in [2.05, 4.69) is 44.3 Å². The van der Waals surface area contributed by atoms with Crippen LogP contribution in [0, 0.1) is 10.1 Å². The van der Waals surface area contributed by atoms with Crippen molar-refractivity contribution in [3.05, 3.63) is 82.7 Å². The van der Waals surface area contributed by atoms with Gasteiger partial charge >= 0.3 is 0 Å². The predicted molar refractivity (Wildman–Crippen MR) is 117 cm³/mol. The molecule has 3 aromatic heterocycles. The zero-order valence-corrected chi connectivity index (χ0v) is 17.1. The first kappa shape index (κ1) is 20.1. The maximum Gasteiger partial charge on any atom is 0.287 e. The number of H-pyrrole nitrogens is 1. The molecule has 0 aliphatic carbocycles. The van der Waals surface area contributed by atoms with E-state index in [1.165, 1.54) is 17.8 Å². The van der Waals surface area contributed by atoms with E-state index in [-0.39, 0.29) is 11.7 Å². The molecule has 0 saturated carbocycles. The van der Waals surface area contributed by atoms with Crippen molar-refractivity contribution in [2.75, 3.05) is 5.32 Å². The van der Waals surface area contributed by atoms with Gasteiger partial charge in [0.15, 0.2) is 5.82 Å². The Bertz CT molecular complexity index is 1170. The second-order valence-electron chi connectivity index (χ2n) is 7.00. The van der Waals surface area contributed by atoms with Gasteiger partial charge in [0.05, 0.1) is 22.2 Å². The van der Waals surface area contributed by atoms with E-state index in [1.807, 2.05) is 19.1 Å². The highest BCUT2D eigenvalue weighted by atomic mass is 16.6. The maximum atomic E-state index is 10.8. The van der Waals surface area contributed by atoms with Gasteiger partial charge in [-0.15, -0.1) is 0 Å². The third-order valence-electron chi connectivity index (χ3n) is 4.91. The minimum Gasteiger partial charge on any atom is -0.360 e. The molecular formula is C22H21N7O2. The molecular weight excluding hydrogens is 394 g/mol. The first-order chi connectivity index (χ1) is 15.0. The van der Waals surface area contributed by atoms with Crippen molar-refractivity contribution in [2.24, 2.45) is 0 Å². The van der Waals surface area contributed by atoms with Crippen LogP contribution in [-0.2, 0) is 6.42 Å². The summed E-state index contributed by atoms with van der Waals surface area (Å²) in [6, 6.07) is 11.0. The highest BCUT2D eigenvalue weighted by Gasteiger charge is 2.17. The average Bonchev–Trinajstić information content (AvgIpc) is 3.34. The predicted octanol–water partition coefficient (Wildman–Crippen LogP) is 4.57. The Labute approximate surface area is 178 Å². The van der Waals surface area contributed by atoms with Gasteiger partial charge in [-0.2, -0.15) is 0 Å². The summed E-state index contributed by atoms with van der Waals surface area (Å²) in [5, 5.41) is 14.0. The number of aromatic amines is 1. The highest BCUT2D eigenvalue weighted by molar-refractivity contribution is 5.77. The van der Waals surface area contributed by atoms with Crippen LogP contribution in [-0.4, -0.2) is 29.8 Å². The summed E-state index contributed by atoms with van der Waals surface area (Å²) in [6.07, 6.45) is 7.39. The van der Waals surface area contributed by atoms with Crippen LogP contribution >= 0.6 is 0 Å². The van der Waals surface area contributed by atoms with Crippen molar-refractivity contribution >= 4 is 11.5 Å². The summed E-state index contributed by atoms with van der Waals surface area (Å²) in [5.41, 5.74) is 3.73. The van der Waals surface area contributed by atoms with Crippen LogP contribution < -0.4 is 5.32 Å². The molecule has 9 heteroatoms. The molecule has 0 aliphatic rings. The monoisotopic (exact) mass is 415 g/mol. The molecule has 0 saturated heterocycles. The first-order valence-electron chi connectivity index (χ1n) is 9.88. The molecule has 2 N–H and O–H groups in total. The number of nitrogens with one attached hydrogen (secondary N) is 2. The second-order valence-corrected chi connectivity index (χ2v) is 7.00. The molecule has 1 atom stereocenters. The molecule has 3 heterocycles. The summed E-state index contributed by atoms with van der Waals surface area (Å²) < 4.78 is 0. The molecule has 4 rings (SSSR count). The molecule has 1 aromatic carbocycles. The van der Waals surface area contributed by atoms with E-state index < -0.39 is 4.92 Å². The van der Waals surface area contributed by atoms with Gasteiger partial charge in [-0.1, -0.05) is 31.2 Å². The summed E-state index contributed by atoms with van der Waals surface area (Å²) in [7, 11) is 0. The molecule has 0 fully saturated rings. The molecule has 0 amide bonds. The molecule has 4 aromatic rings. The van der Waals surface area contributed by atoms with Crippen molar-refractivity contribution in [2.45, 2.75) is 26.3 Å². The van der Waals surface area contributed by atoms with Gasteiger partial charge in [0.25, 0.3) is 5.69 Å². The lowest BCUT2D eigenvalue weighted by atomic mass is 10.0. The van der Waals surface area contributed by atoms with Crippen molar-refractivity contribution in [1.82, 2.24) is 24.9 Å². The molecule has 0 aliphatic heterocycles. The fourth-order valence-corrected chi connectivity index (χ4v) is 3.17. The number of pyridine rings is 1. The fourth-order valence-electron chi connectivity index (χ4n) is 3.17. The summed E-state index contributed by atoms with van der Waals surface area (Å²) >= 11 is 0. The molecule has 0 bridgehead atoms. The standard InChI is InChI=1S/C22H21N7O2/c1-3-15-4-6-16(7-5-15)20-18(22-23-10-11-24-22)13-26-21(28-20)14(2)27-19-9-8-17(12-25-19)29(30)31/h4-14H,3H2,1-2H3,(H,23,24)(H,25,27). The van der Waals surface area contributed by atoms with E-state index in [4.69, 9.17) is 4.98 Å². The number of anilines is 1. The number of aryl methyl sites for hydroxylation is 1. The van der Waals surface area contributed by atoms with Crippen LogP contribution in [0.25, 0.3) is 22.6 Å². The normalized spacial score (nSPS) is 11.8. The lowest BCUT2D eigenvalue weighted by Gasteiger charge is -2.15. The van der Waals surface area contributed by atoms with Gasteiger partial charge in [-0.25, -0.2) is 19.9 Å². The Morgan fingerprint density at radius 2 is 1.90 bits per heavy atom. The van der Waals surface area contributed by atoms with Crippen molar-refractivity contribution in [3.8, 4) is 22.6 Å². The molecule has 31 heavy (non-hydrogen) atoms. The number of imidazole rings is 1. The Hall–Kier alpha value is -4.14. The van der Waals surface area contributed by atoms with Gasteiger partial charge in [-0.3, -0.25) is 10.1 Å². The van der Waals surface area contributed by atoms with Gasteiger partial charge in [0.1, 0.15) is 17.8 Å². The van der Waals surface area contributed by atoms with E-state index in [9.17, 15) is 10.1 Å². The maximum absolute atomic E-state index is 10.8. The fraction of sp³-hybridized carbons (Fsp3) is 0.182. The second kappa shape index (κ2) is 8.70. The Kier molecular flexibility index (Phi) is 5.65. The molecule has 0 spiro atoms. The zero-order chi connectivity index (χ0) is 21.8. The Balaban J connectivity index is 1.67. The largest absolute Gasteiger partial charge is 0.360 e. The highest BCUT2D eigenvalue weighted by Crippen LogP contribution is 2.29. The lowest BCUT2D eigenvalue weighted by Crippen LogP contribution is -2.12. The number of aromatic nitrogens is 5. The van der Waals surface area contributed by atoms with Crippen LogP contribution in [0.4, 0.5) is 11.5 Å². The number of nitrogens with zero attached hydrogens (tertiary/aromatic N) is 5. The third-order valence-corrected chi connectivity index (χ3v) is 4.91. The van der Waals surface area contributed by atoms with Crippen LogP contribution in [0.3, 0.4) is 0 Å². The van der Waals surface area contributed by atoms with E-state index in [0.29, 0.717) is 17.5 Å². The molecule has 9 nitrogen and oxygen atoms in total. The SMILES string of the molecule is CCc1ccc(-c2nc(C(C)Nc3ccc([N+](=O)[O-])cn3)ncc2-c2ncc[nH]2)cc1. The Morgan fingerprint density at radius 1 is 1.10 bits per heavy atom. The summed E-state index contributed by atoms with van der Waals surface area (Å²) in [4.78, 5) is 31.3. The van der Waals surface area contributed by atoms with E-state index in [1.54, 1.807) is 24.7 Å². The molecule has 0 radical (unpaired) electrons. The quantitative estimate of drug-likeness (QED) is 0.335. The zero-order valence-electron chi connectivity index (χ0n) is 17.1. The van der Waals surface area contributed by atoms with Crippen molar-refractivity contribution in [3.63, 3.8) is 0 Å². The lowest BCUT2D eigenvalue weighted by molar-refractivity contribution is -0.385. The number of rotatable bonds is 7.